The summed E-state index contributed by atoms with van der Waals surface area (Å²) in [6, 6.07) is 4.17. The largest absolute Gasteiger partial charge is 0.265 e. The van der Waals surface area contributed by atoms with E-state index in [0.29, 0.717) is 5.25 Å². The normalized spacial score (nSPS) is 12.7. The molecular formula is C12H19NS. The van der Waals surface area contributed by atoms with Gasteiger partial charge in [-0.1, -0.05) is 19.8 Å². The van der Waals surface area contributed by atoms with Crippen LogP contribution in [0.1, 0.15) is 38.2 Å². The van der Waals surface area contributed by atoms with E-state index < -0.39 is 0 Å². The summed E-state index contributed by atoms with van der Waals surface area (Å²) in [5.41, 5.74) is 1.37. The van der Waals surface area contributed by atoms with Crippen molar-refractivity contribution in [2.45, 2.75) is 44.3 Å². The van der Waals surface area contributed by atoms with Crippen molar-refractivity contribution < 1.29 is 0 Å². The van der Waals surface area contributed by atoms with Crippen LogP contribution in [-0.2, 0) is 6.42 Å². The van der Waals surface area contributed by atoms with Gasteiger partial charge in [0.05, 0.1) is 0 Å². The van der Waals surface area contributed by atoms with Crippen molar-refractivity contribution in [2.24, 2.45) is 0 Å². The number of thiol groups is 1. The summed E-state index contributed by atoms with van der Waals surface area (Å²) >= 11 is 4.58. The van der Waals surface area contributed by atoms with E-state index in [9.17, 15) is 0 Å². The van der Waals surface area contributed by atoms with Crippen molar-refractivity contribution in [1.82, 2.24) is 4.98 Å². The fraction of sp³-hybridized carbons (Fsp3) is 0.583. The average Bonchev–Trinajstić information content (AvgIpc) is 2.25. The Bertz CT molecular complexity index is 235. The lowest BCUT2D eigenvalue weighted by Gasteiger charge is -2.09. The van der Waals surface area contributed by atoms with Gasteiger partial charge in [-0.15, -0.1) is 0 Å². The number of aryl methyl sites for hydroxylation is 1. The zero-order valence-corrected chi connectivity index (χ0v) is 9.71. The third-order valence-corrected chi connectivity index (χ3v) is 2.92. The van der Waals surface area contributed by atoms with Gasteiger partial charge < -0.3 is 0 Å². The van der Waals surface area contributed by atoms with Gasteiger partial charge in [-0.2, -0.15) is 12.6 Å². The van der Waals surface area contributed by atoms with Crippen LogP contribution in [0.4, 0.5) is 0 Å². The van der Waals surface area contributed by atoms with Gasteiger partial charge in [0.2, 0.25) is 0 Å². The number of nitrogens with zero attached hydrogens (tertiary/aromatic N) is 1. The van der Waals surface area contributed by atoms with Gasteiger partial charge in [0.25, 0.3) is 0 Å². The molecule has 1 aromatic rings. The molecule has 78 valence electrons. The number of pyridine rings is 1. The van der Waals surface area contributed by atoms with Gasteiger partial charge in [-0.25, -0.2) is 0 Å². The van der Waals surface area contributed by atoms with Crippen LogP contribution in [0, 0.1) is 0 Å². The van der Waals surface area contributed by atoms with Crippen molar-refractivity contribution in [2.75, 3.05) is 0 Å². The predicted molar refractivity (Wildman–Crippen MR) is 64.9 cm³/mol. The highest BCUT2D eigenvalue weighted by molar-refractivity contribution is 7.80. The minimum Gasteiger partial charge on any atom is -0.265 e. The second kappa shape index (κ2) is 6.88. The molecule has 2 heteroatoms. The van der Waals surface area contributed by atoms with Crippen molar-refractivity contribution in [3.8, 4) is 0 Å². The second-order valence-corrected chi connectivity index (χ2v) is 4.42. The molecule has 0 radical (unpaired) electrons. The fourth-order valence-corrected chi connectivity index (χ4v) is 1.78. The maximum absolute atomic E-state index is 4.58. The Kier molecular flexibility index (Phi) is 5.69. The zero-order valence-electron chi connectivity index (χ0n) is 8.82. The van der Waals surface area contributed by atoms with E-state index in [1.54, 1.807) is 0 Å². The predicted octanol–water partition coefficient (Wildman–Crippen LogP) is 3.50. The first-order chi connectivity index (χ1) is 6.83. The SMILES string of the molecule is CCCC[C@H](S)CCc1ccncc1. The van der Waals surface area contributed by atoms with Gasteiger partial charge in [-0.3, -0.25) is 4.98 Å². The summed E-state index contributed by atoms with van der Waals surface area (Å²) < 4.78 is 0. The quantitative estimate of drug-likeness (QED) is 0.707. The molecule has 0 fully saturated rings. The van der Waals surface area contributed by atoms with Crippen LogP contribution in [-0.4, -0.2) is 10.2 Å². The Balaban J connectivity index is 2.20. The maximum atomic E-state index is 4.58. The van der Waals surface area contributed by atoms with E-state index in [0.717, 1.165) is 6.42 Å². The molecule has 0 bridgehead atoms. The Morgan fingerprint density at radius 2 is 2.00 bits per heavy atom. The Labute approximate surface area is 92.4 Å². The highest BCUT2D eigenvalue weighted by Gasteiger charge is 2.02. The average molecular weight is 209 g/mol. The van der Waals surface area contributed by atoms with Crippen LogP contribution in [0.15, 0.2) is 24.5 Å². The van der Waals surface area contributed by atoms with Crippen molar-refractivity contribution in [1.29, 1.82) is 0 Å². The minimum atomic E-state index is 0.558. The van der Waals surface area contributed by atoms with Gasteiger partial charge in [-0.05, 0) is 37.0 Å². The summed E-state index contributed by atoms with van der Waals surface area (Å²) in [6.45, 7) is 2.23. The molecule has 0 aliphatic carbocycles. The van der Waals surface area contributed by atoms with E-state index in [2.05, 4.69) is 36.7 Å². The molecule has 14 heavy (non-hydrogen) atoms. The summed E-state index contributed by atoms with van der Waals surface area (Å²) in [7, 11) is 0. The Hall–Kier alpha value is -0.500. The molecule has 0 unspecified atom stereocenters. The molecule has 1 rings (SSSR count). The van der Waals surface area contributed by atoms with E-state index >= 15 is 0 Å². The number of aromatic nitrogens is 1. The minimum absolute atomic E-state index is 0.558. The Morgan fingerprint density at radius 1 is 1.29 bits per heavy atom. The molecule has 0 spiro atoms. The molecule has 1 nitrogen and oxygen atoms in total. The molecule has 0 amide bonds. The molecule has 0 aromatic carbocycles. The lowest BCUT2D eigenvalue weighted by Crippen LogP contribution is -2.00. The molecule has 1 heterocycles. The van der Waals surface area contributed by atoms with Crippen LogP contribution in [0.2, 0.25) is 0 Å². The van der Waals surface area contributed by atoms with E-state index in [4.69, 9.17) is 0 Å². The fourth-order valence-electron chi connectivity index (χ4n) is 1.47. The number of rotatable bonds is 6. The lowest BCUT2D eigenvalue weighted by atomic mass is 10.1. The first-order valence-corrected chi connectivity index (χ1v) is 5.91. The number of hydrogen-bond donors (Lipinski definition) is 1. The van der Waals surface area contributed by atoms with Crippen molar-refractivity contribution in [3.63, 3.8) is 0 Å². The third kappa shape index (κ3) is 4.66. The first-order valence-electron chi connectivity index (χ1n) is 5.40. The van der Waals surface area contributed by atoms with Gasteiger partial charge in [0, 0.05) is 17.6 Å². The van der Waals surface area contributed by atoms with Gasteiger partial charge in [0.1, 0.15) is 0 Å². The van der Waals surface area contributed by atoms with E-state index in [1.807, 2.05) is 12.4 Å². The van der Waals surface area contributed by atoms with Crippen LogP contribution in [0.25, 0.3) is 0 Å². The number of unbranched alkanes of at least 4 members (excludes halogenated alkanes) is 1. The van der Waals surface area contributed by atoms with Crippen LogP contribution in [0.5, 0.6) is 0 Å². The van der Waals surface area contributed by atoms with Crippen LogP contribution in [0.3, 0.4) is 0 Å². The molecule has 1 atom stereocenters. The third-order valence-electron chi connectivity index (χ3n) is 2.41. The first kappa shape index (κ1) is 11.6. The highest BCUT2D eigenvalue weighted by Crippen LogP contribution is 2.14. The molecule has 0 aliphatic heterocycles. The maximum Gasteiger partial charge on any atom is 0.0270 e. The summed E-state index contributed by atoms with van der Waals surface area (Å²) in [5, 5.41) is 0.558. The van der Waals surface area contributed by atoms with Crippen LogP contribution >= 0.6 is 12.6 Å². The van der Waals surface area contributed by atoms with Crippen LogP contribution < -0.4 is 0 Å². The summed E-state index contributed by atoms with van der Waals surface area (Å²) in [6.07, 6.45) is 9.82. The molecule has 1 aromatic heterocycles. The summed E-state index contributed by atoms with van der Waals surface area (Å²) in [4.78, 5) is 4.00. The monoisotopic (exact) mass is 209 g/mol. The number of hydrogen-bond acceptors (Lipinski definition) is 2. The molecule has 0 saturated heterocycles. The molecular weight excluding hydrogens is 190 g/mol. The van der Waals surface area contributed by atoms with E-state index in [-0.39, 0.29) is 0 Å². The summed E-state index contributed by atoms with van der Waals surface area (Å²) in [5.74, 6) is 0. The van der Waals surface area contributed by atoms with Crippen molar-refractivity contribution in [3.05, 3.63) is 30.1 Å². The molecule has 0 saturated carbocycles. The lowest BCUT2D eigenvalue weighted by molar-refractivity contribution is 0.649. The van der Waals surface area contributed by atoms with Gasteiger partial charge >= 0.3 is 0 Å². The van der Waals surface area contributed by atoms with E-state index in [1.165, 1.54) is 31.2 Å². The Morgan fingerprint density at radius 3 is 2.64 bits per heavy atom. The topological polar surface area (TPSA) is 12.9 Å². The molecule has 0 aliphatic rings. The van der Waals surface area contributed by atoms with Crippen molar-refractivity contribution >= 4 is 12.6 Å². The van der Waals surface area contributed by atoms with Gasteiger partial charge in [0.15, 0.2) is 0 Å². The second-order valence-electron chi connectivity index (χ2n) is 3.69. The standard InChI is InChI=1S/C12H19NS/c1-2-3-4-12(14)6-5-11-7-9-13-10-8-11/h7-10,12,14H,2-6H2,1H3/t12-/m0/s1. The zero-order chi connectivity index (χ0) is 10.2. The molecule has 0 N–H and O–H groups in total. The highest BCUT2D eigenvalue weighted by atomic mass is 32.1. The smallest absolute Gasteiger partial charge is 0.0270 e.